The summed E-state index contributed by atoms with van der Waals surface area (Å²) in [7, 11) is 1.34. The normalized spacial score (nSPS) is 22.4. The molecule has 0 N–H and O–H groups in total. The van der Waals surface area contributed by atoms with Crippen LogP contribution in [0.5, 0.6) is 0 Å². The molecule has 0 aromatic heterocycles. The summed E-state index contributed by atoms with van der Waals surface area (Å²) in [6, 6.07) is 5.23. The van der Waals surface area contributed by atoms with Gasteiger partial charge in [-0.15, -0.1) is 0 Å². The highest BCUT2D eigenvalue weighted by atomic mass is 35.5. The number of hydrogen-bond donors (Lipinski definition) is 0. The number of esters is 1. The van der Waals surface area contributed by atoms with Gasteiger partial charge in [0.25, 0.3) is 0 Å². The van der Waals surface area contributed by atoms with E-state index in [9.17, 15) is 9.59 Å². The predicted octanol–water partition coefficient (Wildman–Crippen LogP) is 3.79. The number of allylic oxidation sites excluding steroid dienone is 1. The lowest BCUT2D eigenvalue weighted by molar-refractivity contribution is -0.145. The van der Waals surface area contributed by atoms with Crippen LogP contribution in [0.4, 0.5) is 0 Å². The van der Waals surface area contributed by atoms with Crippen LogP contribution in [0.15, 0.2) is 29.8 Å². The van der Waals surface area contributed by atoms with Crippen LogP contribution in [-0.4, -0.2) is 18.9 Å². The van der Waals surface area contributed by atoms with Crippen molar-refractivity contribution in [1.82, 2.24) is 0 Å². The van der Waals surface area contributed by atoms with Crippen molar-refractivity contribution in [2.45, 2.75) is 19.3 Å². The van der Waals surface area contributed by atoms with Crippen molar-refractivity contribution >= 4 is 35.0 Å². The monoisotopic (exact) mass is 312 g/mol. The molecule has 0 amide bonds. The van der Waals surface area contributed by atoms with Crippen molar-refractivity contribution in [3.05, 3.63) is 45.5 Å². The summed E-state index contributed by atoms with van der Waals surface area (Å²) in [6.07, 6.45) is 1.72. The number of rotatable bonds is 2. The Morgan fingerprint density at radius 2 is 2.05 bits per heavy atom. The molecule has 0 fully saturated rings. The van der Waals surface area contributed by atoms with E-state index in [-0.39, 0.29) is 24.1 Å². The minimum Gasteiger partial charge on any atom is -0.469 e. The number of methoxy groups -OCH3 is 1. The molecule has 1 aromatic rings. The molecule has 1 aromatic carbocycles. The van der Waals surface area contributed by atoms with Crippen molar-refractivity contribution in [2.24, 2.45) is 5.92 Å². The Bertz CT molecular complexity index is 593. The molecule has 5 heteroatoms. The number of ether oxygens (including phenoxy) is 1. The van der Waals surface area contributed by atoms with Gasteiger partial charge in [-0.3, -0.25) is 9.59 Å². The van der Waals surface area contributed by atoms with Gasteiger partial charge in [-0.1, -0.05) is 40.9 Å². The summed E-state index contributed by atoms with van der Waals surface area (Å²) < 4.78 is 4.85. The molecule has 0 saturated carbocycles. The number of ketones is 1. The van der Waals surface area contributed by atoms with Crippen molar-refractivity contribution in [3.63, 3.8) is 0 Å². The van der Waals surface area contributed by atoms with E-state index in [2.05, 4.69) is 0 Å². The minimum absolute atomic E-state index is 0.0244. The molecular weight excluding hydrogens is 299 g/mol. The molecule has 1 aliphatic rings. The average Bonchev–Trinajstić information content (AvgIpc) is 2.40. The van der Waals surface area contributed by atoms with E-state index >= 15 is 0 Å². The third-order valence-corrected chi connectivity index (χ3v) is 4.37. The van der Waals surface area contributed by atoms with Crippen LogP contribution in [0, 0.1) is 5.92 Å². The van der Waals surface area contributed by atoms with Gasteiger partial charge in [-0.2, -0.15) is 0 Å². The van der Waals surface area contributed by atoms with Crippen LogP contribution >= 0.6 is 23.2 Å². The second-order valence-corrected chi connectivity index (χ2v) is 5.59. The first-order valence-corrected chi connectivity index (χ1v) is 6.94. The lowest BCUT2D eigenvalue weighted by atomic mass is 9.75. The molecule has 0 heterocycles. The highest BCUT2D eigenvalue weighted by Crippen LogP contribution is 2.42. The average molecular weight is 313 g/mol. The molecule has 2 atom stereocenters. The SMILES string of the molecule is COC(=O)[C@H]1C(C)=CC(=O)C[C@H]1c1cccc(Cl)c1Cl. The molecule has 3 nitrogen and oxygen atoms in total. The Morgan fingerprint density at radius 3 is 2.70 bits per heavy atom. The maximum absolute atomic E-state index is 12.0. The third kappa shape index (κ3) is 2.74. The summed E-state index contributed by atoms with van der Waals surface area (Å²) in [4.78, 5) is 23.8. The second-order valence-electron chi connectivity index (χ2n) is 4.81. The standard InChI is InChI=1S/C15H14Cl2O3/c1-8-6-9(18)7-11(13(8)15(19)20-2)10-4-3-5-12(16)14(10)17/h3-6,11,13H,7H2,1-2H3/t11-,13-/m0/s1. The second kappa shape index (κ2) is 5.98. The Labute approximate surface area is 127 Å². The van der Waals surface area contributed by atoms with Crippen LogP contribution in [0.25, 0.3) is 0 Å². The van der Waals surface area contributed by atoms with Crippen molar-refractivity contribution in [1.29, 1.82) is 0 Å². The van der Waals surface area contributed by atoms with Crippen LogP contribution in [0.3, 0.4) is 0 Å². The molecule has 0 saturated heterocycles. The largest absolute Gasteiger partial charge is 0.469 e. The molecular formula is C15H14Cl2O3. The lowest BCUT2D eigenvalue weighted by Crippen LogP contribution is -2.30. The molecule has 20 heavy (non-hydrogen) atoms. The fourth-order valence-electron chi connectivity index (χ4n) is 2.63. The summed E-state index contributed by atoms with van der Waals surface area (Å²) in [5, 5.41) is 0.794. The predicted molar refractivity (Wildman–Crippen MR) is 78.1 cm³/mol. The Morgan fingerprint density at radius 1 is 1.35 bits per heavy atom. The quantitative estimate of drug-likeness (QED) is 0.780. The number of benzene rings is 1. The van der Waals surface area contributed by atoms with E-state index in [1.54, 1.807) is 25.1 Å². The van der Waals surface area contributed by atoms with Gasteiger partial charge in [0.2, 0.25) is 0 Å². The highest BCUT2D eigenvalue weighted by Gasteiger charge is 2.37. The van der Waals surface area contributed by atoms with Crippen molar-refractivity contribution < 1.29 is 14.3 Å². The minimum atomic E-state index is -0.506. The molecule has 1 aliphatic carbocycles. The van der Waals surface area contributed by atoms with Gasteiger partial charge < -0.3 is 4.74 Å². The molecule has 0 spiro atoms. The Kier molecular flexibility index (Phi) is 4.51. The first-order chi connectivity index (χ1) is 9.45. The smallest absolute Gasteiger partial charge is 0.313 e. The molecule has 0 aliphatic heterocycles. The van der Waals surface area contributed by atoms with Gasteiger partial charge >= 0.3 is 5.97 Å². The van der Waals surface area contributed by atoms with Crippen LogP contribution in [-0.2, 0) is 14.3 Å². The summed E-state index contributed by atoms with van der Waals surface area (Å²) in [5.74, 6) is -1.24. The summed E-state index contributed by atoms with van der Waals surface area (Å²) >= 11 is 12.2. The van der Waals surface area contributed by atoms with E-state index in [0.29, 0.717) is 21.2 Å². The van der Waals surface area contributed by atoms with Gasteiger partial charge in [-0.25, -0.2) is 0 Å². The Balaban J connectivity index is 2.52. The van der Waals surface area contributed by atoms with E-state index in [4.69, 9.17) is 27.9 Å². The van der Waals surface area contributed by atoms with E-state index in [0.717, 1.165) is 0 Å². The Hall–Kier alpha value is -1.32. The third-order valence-electron chi connectivity index (χ3n) is 3.54. The van der Waals surface area contributed by atoms with Gasteiger partial charge in [0.1, 0.15) is 0 Å². The first kappa shape index (κ1) is 15.1. The zero-order chi connectivity index (χ0) is 14.9. The van der Waals surface area contributed by atoms with Gasteiger partial charge in [0.05, 0.1) is 23.1 Å². The van der Waals surface area contributed by atoms with E-state index in [1.165, 1.54) is 13.2 Å². The number of carbonyl (C=O) groups excluding carboxylic acids is 2. The topological polar surface area (TPSA) is 43.4 Å². The fourth-order valence-corrected chi connectivity index (χ4v) is 3.08. The number of halogens is 2. The van der Waals surface area contributed by atoms with E-state index < -0.39 is 5.92 Å². The zero-order valence-electron chi connectivity index (χ0n) is 11.2. The van der Waals surface area contributed by atoms with Crippen LogP contribution in [0.1, 0.15) is 24.8 Å². The van der Waals surface area contributed by atoms with Gasteiger partial charge in [-0.05, 0) is 24.6 Å². The number of hydrogen-bond acceptors (Lipinski definition) is 3. The zero-order valence-corrected chi connectivity index (χ0v) is 12.7. The first-order valence-electron chi connectivity index (χ1n) is 6.18. The van der Waals surface area contributed by atoms with Crippen molar-refractivity contribution in [2.75, 3.05) is 7.11 Å². The molecule has 0 unspecified atom stereocenters. The summed E-state index contributed by atoms with van der Waals surface area (Å²) in [5.41, 5.74) is 1.39. The van der Waals surface area contributed by atoms with Crippen LogP contribution in [0.2, 0.25) is 10.0 Å². The fraction of sp³-hybridized carbons (Fsp3) is 0.333. The molecule has 0 bridgehead atoms. The summed E-state index contributed by atoms with van der Waals surface area (Å²) in [6.45, 7) is 1.75. The number of carbonyl (C=O) groups is 2. The maximum atomic E-state index is 12.0. The molecule has 2 rings (SSSR count). The van der Waals surface area contributed by atoms with E-state index in [1.807, 2.05) is 0 Å². The lowest BCUT2D eigenvalue weighted by Gasteiger charge is -2.29. The molecule has 106 valence electrons. The van der Waals surface area contributed by atoms with Crippen LogP contribution < -0.4 is 0 Å². The van der Waals surface area contributed by atoms with Gasteiger partial charge in [0.15, 0.2) is 5.78 Å². The van der Waals surface area contributed by atoms with Crippen molar-refractivity contribution in [3.8, 4) is 0 Å². The van der Waals surface area contributed by atoms with Gasteiger partial charge in [0, 0.05) is 12.3 Å². The maximum Gasteiger partial charge on any atom is 0.313 e. The molecule has 0 radical (unpaired) electrons. The highest BCUT2D eigenvalue weighted by molar-refractivity contribution is 6.42.